The summed E-state index contributed by atoms with van der Waals surface area (Å²) >= 11 is 0. The highest BCUT2D eigenvalue weighted by atomic mass is 16.5. The average Bonchev–Trinajstić information content (AvgIpc) is 3.13. The van der Waals surface area contributed by atoms with Gasteiger partial charge in [0.2, 0.25) is 0 Å². The van der Waals surface area contributed by atoms with Gasteiger partial charge in [0.05, 0.1) is 6.61 Å². The van der Waals surface area contributed by atoms with Gasteiger partial charge in [-0.1, -0.05) is 6.92 Å². The van der Waals surface area contributed by atoms with Gasteiger partial charge in [0.15, 0.2) is 0 Å². The molecular weight excluding hydrogens is 238 g/mol. The molecule has 2 rings (SSSR count). The molecule has 1 aliphatic heterocycles. The van der Waals surface area contributed by atoms with Crippen LogP contribution >= 0.6 is 0 Å². The van der Waals surface area contributed by atoms with Gasteiger partial charge in [0.25, 0.3) is 0 Å². The number of nitrogens with one attached hydrogen (secondary N) is 1. The molecule has 0 radical (unpaired) electrons. The molecule has 0 aromatic rings. The molecule has 2 aliphatic rings. The fourth-order valence-corrected chi connectivity index (χ4v) is 3.12. The van der Waals surface area contributed by atoms with Gasteiger partial charge >= 0.3 is 0 Å². The molecule has 112 valence electrons. The Labute approximate surface area is 118 Å². The van der Waals surface area contributed by atoms with Crippen molar-refractivity contribution in [2.75, 3.05) is 46.9 Å². The molecule has 1 N–H and O–H groups in total. The van der Waals surface area contributed by atoms with Gasteiger partial charge in [-0.25, -0.2) is 0 Å². The molecule has 1 saturated carbocycles. The Kier molecular flexibility index (Phi) is 6.07. The van der Waals surface area contributed by atoms with E-state index < -0.39 is 0 Å². The number of likely N-dealkylation sites (N-methyl/N-ethyl adjacent to an activating group) is 2. The van der Waals surface area contributed by atoms with Crippen LogP contribution in [0.25, 0.3) is 0 Å². The highest BCUT2D eigenvalue weighted by Crippen LogP contribution is 2.20. The average molecular weight is 269 g/mol. The second kappa shape index (κ2) is 7.58. The van der Waals surface area contributed by atoms with Crippen LogP contribution in [0, 0.1) is 0 Å². The summed E-state index contributed by atoms with van der Waals surface area (Å²) in [5, 5.41) is 3.64. The van der Waals surface area contributed by atoms with Crippen LogP contribution in [-0.2, 0) is 4.74 Å². The summed E-state index contributed by atoms with van der Waals surface area (Å²) < 4.78 is 5.40. The van der Waals surface area contributed by atoms with E-state index in [1.165, 1.54) is 45.3 Å². The van der Waals surface area contributed by atoms with Crippen LogP contribution in [0.1, 0.15) is 32.6 Å². The third-order valence-electron chi connectivity index (χ3n) is 4.61. The molecule has 2 unspecified atom stereocenters. The monoisotopic (exact) mass is 269 g/mol. The number of rotatable bonds is 9. The molecule has 0 aromatic carbocycles. The van der Waals surface area contributed by atoms with Crippen LogP contribution in [0.15, 0.2) is 0 Å². The van der Waals surface area contributed by atoms with Gasteiger partial charge in [-0.15, -0.1) is 0 Å². The summed E-state index contributed by atoms with van der Waals surface area (Å²) in [4.78, 5) is 5.12. The Morgan fingerprint density at radius 3 is 2.79 bits per heavy atom. The van der Waals surface area contributed by atoms with Crippen LogP contribution in [0.5, 0.6) is 0 Å². The molecule has 0 aromatic heterocycles. The Bertz CT molecular complexity index is 258. The maximum Gasteiger partial charge on any atom is 0.0630 e. The third kappa shape index (κ3) is 4.71. The minimum absolute atomic E-state index is 0.505. The second-order valence-corrected chi connectivity index (χ2v) is 6.16. The molecular formula is C15H31N3O. The molecule has 0 spiro atoms. The van der Waals surface area contributed by atoms with E-state index in [2.05, 4.69) is 29.1 Å². The van der Waals surface area contributed by atoms with Crippen molar-refractivity contribution < 1.29 is 4.74 Å². The molecule has 2 atom stereocenters. The predicted molar refractivity (Wildman–Crippen MR) is 79.6 cm³/mol. The molecule has 1 heterocycles. The SMILES string of the molecule is CCN1CCCC1CN(C)C(CNC1CC1)COC. The standard InChI is InChI=1S/C15H31N3O/c1-4-18-9-5-6-14(18)11-17(2)15(12-19-3)10-16-13-7-8-13/h13-16H,4-12H2,1-3H3. The zero-order chi connectivity index (χ0) is 13.7. The van der Waals surface area contributed by atoms with E-state index in [0.717, 1.165) is 25.2 Å². The lowest BCUT2D eigenvalue weighted by Gasteiger charge is -2.33. The molecule has 4 heteroatoms. The Hall–Kier alpha value is -0.160. The number of nitrogens with zero attached hydrogens (tertiary/aromatic N) is 2. The highest BCUT2D eigenvalue weighted by Gasteiger charge is 2.28. The summed E-state index contributed by atoms with van der Waals surface area (Å²) in [5.41, 5.74) is 0. The van der Waals surface area contributed by atoms with Gasteiger partial charge < -0.3 is 10.1 Å². The van der Waals surface area contributed by atoms with Crippen LogP contribution in [-0.4, -0.2) is 74.9 Å². The van der Waals surface area contributed by atoms with Gasteiger partial charge in [-0.2, -0.15) is 0 Å². The van der Waals surface area contributed by atoms with Crippen molar-refractivity contribution >= 4 is 0 Å². The summed E-state index contributed by atoms with van der Waals surface area (Å²) in [6.45, 7) is 7.81. The highest BCUT2D eigenvalue weighted by molar-refractivity contribution is 4.86. The maximum atomic E-state index is 5.40. The first-order valence-corrected chi connectivity index (χ1v) is 7.91. The maximum absolute atomic E-state index is 5.40. The Morgan fingerprint density at radius 2 is 2.16 bits per heavy atom. The van der Waals surface area contributed by atoms with E-state index in [0.29, 0.717) is 6.04 Å². The van der Waals surface area contributed by atoms with E-state index in [9.17, 15) is 0 Å². The topological polar surface area (TPSA) is 27.7 Å². The van der Waals surface area contributed by atoms with Crippen molar-refractivity contribution in [3.63, 3.8) is 0 Å². The first-order valence-electron chi connectivity index (χ1n) is 7.91. The van der Waals surface area contributed by atoms with E-state index >= 15 is 0 Å². The van der Waals surface area contributed by atoms with Crippen molar-refractivity contribution in [1.82, 2.24) is 15.1 Å². The lowest BCUT2D eigenvalue weighted by Crippen LogP contribution is -2.48. The minimum atomic E-state index is 0.505. The fourth-order valence-electron chi connectivity index (χ4n) is 3.12. The number of methoxy groups -OCH3 is 1. The predicted octanol–water partition coefficient (Wildman–Crippen LogP) is 1.17. The van der Waals surface area contributed by atoms with Crippen molar-refractivity contribution in [1.29, 1.82) is 0 Å². The first kappa shape index (κ1) is 15.2. The lowest BCUT2D eigenvalue weighted by molar-refractivity contribution is 0.0873. The van der Waals surface area contributed by atoms with Crippen molar-refractivity contribution in [2.24, 2.45) is 0 Å². The lowest BCUT2D eigenvalue weighted by atomic mass is 10.1. The molecule has 1 aliphatic carbocycles. The molecule has 19 heavy (non-hydrogen) atoms. The first-order chi connectivity index (χ1) is 9.24. The Balaban J connectivity index is 1.77. The number of ether oxygens (including phenoxy) is 1. The molecule has 2 fully saturated rings. The molecule has 0 amide bonds. The second-order valence-electron chi connectivity index (χ2n) is 6.16. The number of hydrogen-bond donors (Lipinski definition) is 1. The van der Waals surface area contributed by atoms with Gasteiger partial charge in [-0.3, -0.25) is 9.80 Å². The quantitative estimate of drug-likeness (QED) is 0.680. The summed E-state index contributed by atoms with van der Waals surface area (Å²) in [7, 11) is 4.07. The van der Waals surface area contributed by atoms with Crippen LogP contribution in [0.2, 0.25) is 0 Å². The zero-order valence-corrected chi connectivity index (χ0v) is 12.9. The summed E-state index contributed by atoms with van der Waals surface area (Å²) in [5.74, 6) is 0. The molecule has 4 nitrogen and oxygen atoms in total. The number of likely N-dealkylation sites (tertiary alicyclic amines) is 1. The summed E-state index contributed by atoms with van der Waals surface area (Å²) in [6, 6.07) is 2.03. The van der Waals surface area contributed by atoms with E-state index in [-0.39, 0.29) is 0 Å². The third-order valence-corrected chi connectivity index (χ3v) is 4.61. The van der Waals surface area contributed by atoms with Gasteiger partial charge in [-0.05, 0) is 45.8 Å². The smallest absolute Gasteiger partial charge is 0.0630 e. The van der Waals surface area contributed by atoms with E-state index in [1.807, 2.05) is 7.11 Å². The van der Waals surface area contributed by atoms with E-state index in [4.69, 9.17) is 4.74 Å². The zero-order valence-electron chi connectivity index (χ0n) is 12.9. The number of hydrogen-bond acceptors (Lipinski definition) is 4. The van der Waals surface area contributed by atoms with E-state index in [1.54, 1.807) is 0 Å². The summed E-state index contributed by atoms with van der Waals surface area (Å²) in [6.07, 6.45) is 5.43. The Morgan fingerprint density at radius 1 is 1.37 bits per heavy atom. The minimum Gasteiger partial charge on any atom is -0.383 e. The molecule has 0 bridgehead atoms. The van der Waals surface area contributed by atoms with Crippen molar-refractivity contribution in [3.8, 4) is 0 Å². The van der Waals surface area contributed by atoms with Gasteiger partial charge in [0.1, 0.15) is 0 Å². The van der Waals surface area contributed by atoms with Crippen LogP contribution in [0.3, 0.4) is 0 Å². The fraction of sp³-hybridized carbons (Fsp3) is 1.00. The molecule has 1 saturated heterocycles. The normalized spacial score (nSPS) is 26.2. The van der Waals surface area contributed by atoms with Gasteiger partial charge in [0, 0.05) is 38.3 Å². The van der Waals surface area contributed by atoms with Crippen molar-refractivity contribution in [3.05, 3.63) is 0 Å². The van der Waals surface area contributed by atoms with Crippen LogP contribution < -0.4 is 5.32 Å². The van der Waals surface area contributed by atoms with Crippen LogP contribution in [0.4, 0.5) is 0 Å². The van der Waals surface area contributed by atoms with Crippen molar-refractivity contribution in [2.45, 2.75) is 50.7 Å². The largest absolute Gasteiger partial charge is 0.383 e.